The molecule has 0 aliphatic heterocycles. The van der Waals surface area contributed by atoms with Crippen LogP contribution in [-0.4, -0.2) is 18.8 Å². The van der Waals surface area contributed by atoms with Crippen molar-refractivity contribution in [2.75, 3.05) is 12.9 Å². The first-order valence-electron chi connectivity index (χ1n) is 5.33. The summed E-state index contributed by atoms with van der Waals surface area (Å²) in [6.45, 7) is 1.90. The molecule has 0 bridgehead atoms. The van der Waals surface area contributed by atoms with E-state index < -0.39 is 0 Å². The topological polar surface area (TPSA) is 26.3 Å². The molecular weight excluding hydrogens is 239 g/mol. The van der Waals surface area contributed by atoms with E-state index in [0.717, 1.165) is 4.90 Å². The molecule has 0 radical (unpaired) electrons. The van der Waals surface area contributed by atoms with E-state index in [4.69, 9.17) is 0 Å². The summed E-state index contributed by atoms with van der Waals surface area (Å²) in [6.07, 6.45) is 2.46. The number of benzene rings is 1. The van der Waals surface area contributed by atoms with Crippen LogP contribution < -0.4 is 0 Å². The molecule has 1 aromatic carbocycles. The highest BCUT2D eigenvalue weighted by Gasteiger charge is 2.05. The maximum Gasteiger partial charge on any atom is 0.333 e. The van der Waals surface area contributed by atoms with Crippen LogP contribution in [0.4, 0.5) is 4.39 Å². The van der Waals surface area contributed by atoms with Crippen molar-refractivity contribution in [1.82, 2.24) is 0 Å². The van der Waals surface area contributed by atoms with Crippen molar-refractivity contribution < 1.29 is 13.9 Å². The third-order valence-corrected chi connectivity index (χ3v) is 3.12. The van der Waals surface area contributed by atoms with Crippen LogP contribution in [-0.2, 0) is 9.53 Å². The highest BCUT2D eigenvalue weighted by atomic mass is 32.2. The smallest absolute Gasteiger partial charge is 0.333 e. The zero-order valence-electron chi connectivity index (χ0n) is 9.90. The molecule has 1 aromatic rings. The Labute approximate surface area is 105 Å². The molecule has 0 heterocycles. The highest BCUT2D eigenvalue weighted by Crippen LogP contribution is 2.19. The van der Waals surface area contributed by atoms with Gasteiger partial charge in [0.1, 0.15) is 5.82 Å². The van der Waals surface area contributed by atoms with Crippen molar-refractivity contribution in [3.05, 3.63) is 41.7 Å². The number of esters is 1. The molecule has 0 atom stereocenters. The zero-order valence-corrected chi connectivity index (χ0v) is 10.7. The average molecular weight is 254 g/mol. The first-order chi connectivity index (χ1) is 8.17. The van der Waals surface area contributed by atoms with Gasteiger partial charge in [-0.25, -0.2) is 9.18 Å². The summed E-state index contributed by atoms with van der Waals surface area (Å²) in [5.41, 5.74) is 0.649. The van der Waals surface area contributed by atoms with E-state index in [-0.39, 0.29) is 11.8 Å². The lowest BCUT2D eigenvalue weighted by Crippen LogP contribution is -2.04. The lowest BCUT2D eigenvalue weighted by atomic mass is 10.2. The number of methoxy groups -OCH3 is 1. The van der Waals surface area contributed by atoms with E-state index in [1.54, 1.807) is 6.07 Å². The standard InChI is InChI=1S/C13H15FO2S/c1-3-10(13(15)16-2)7-8-17-12-6-4-5-11(14)9-12/h4-7,9H,3,8H2,1-2H3. The molecule has 0 aliphatic carbocycles. The summed E-state index contributed by atoms with van der Waals surface area (Å²) in [5.74, 6) is 0.0804. The third-order valence-electron chi connectivity index (χ3n) is 2.20. The minimum absolute atomic E-state index is 0.248. The third kappa shape index (κ3) is 4.61. The van der Waals surface area contributed by atoms with E-state index in [1.807, 2.05) is 19.1 Å². The first kappa shape index (κ1) is 13.8. The molecule has 1 rings (SSSR count). The average Bonchev–Trinajstić information content (AvgIpc) is 2.34. The molecule has 2 nitrogen and oxygen atoms in total. The summed E-state index contributed by atoms with van der Waals surface area (Å²) in [5, 5.41) is 0. The summed E-state index contributed by atoms with van der Waals surface area (Å²) < 4.78 is 17.5. The molecule has 92 valence electrons. The molecule has 0 fully saturated rings. The van der Waals surface area contributed by atoms with E-state index in [0.29, 0.717) is 17.7 Å². The molecule has 0 spiro atoms. The Balaban J connectivity index is 2.56. The van der Waals surface area contributed by atoms with Crippen molar-refractivity contribution in [3.8, 4) is 0 Å². The van der Waals surface area contributed by atoms with Crippen molar-refractivity contribution in [2.24, 2.45) is 0 Å². The van der Waals surface area contributed by atoms with Crippen LogP contribution in [0.3, 0.4) is 0 Å². The molecule has 0 saturated carbocycles. The van der Waals surface area contributed by atoms with E-state index in [9.17, 15) is 9.18 Å². The van der Waals surface area contributed by atoms with Crippen LogP contribution in [0.1, 0.15) is 13.3 Å². The number of hydrogen-bond acceptors (Lipinski definition) is 3. The minimum Gasteiger partial charge on any atom is -0.466 e. The van der Waals surface area contributed by atoms with Crippen LogP contribution in [0, 0.1) is 5.82 Å². The quantitative estimate of drug-likeness (QED) is 0.457. The number of rotatable bonds is 5. The van der Waals surface area contributed by atoms with Crippen LogP contribution in [0.5, 0.6) is 0 Å². The van der Waals surface area contributed by atoms with Gasteiger partial charge in [-0.05, 0) is 24.6 Å². The Bertz CT molecular complexity index is 416. The second kappa shape index (κ2) is 7.12. The van der Waals surface area contributed by atoms with Gasteiger partial charge in [0.15, 0.2) is 0 Å². The lowest BCUT2D eigenvalue weighted by Gasteiger charge is -2.02. The molecule has 0 N–H and O–H groups in total. The molecule has 0 aliphatic rings. The van der Waals surface area contributed by atoms with Crippen molar-refractivity contribution >= 4 is 17.7 Å². The van der Waals surface area contributed by atoms with Gasteiger partial charge in [0, 0.05) is 16.2 Å². The zero-order chi connectivity index (χ0) is 12.7. The van der Waals surface area contributed by atoms with Crippen molar-refractivity contribution in [2.45, 2.75) is 18.2 Å². The van der Waals surface area contributed by atoms with Crippen LogP contribution in [0.15, 0.2) is 40.8 Å². The minimum atomic E-state index is -0.299. The summed E-state index contributed by atoms with van der Waals surface area (Å²) in [4.78, 5) is 12.1. The van der Waals surface area contributed by atoms with Crippen molar-refractivity contribution in [3.63, 3.8) is 0 Å². The normalized spacial score (nSPS) is 11.4. The number of thioether (sulfide) groups is 1. The fourth-order valence-electron chi connectivity index (χ4n) is 1.30. The Hall–Kier alpha value is -1.29. The molecule has 0 aromatic heterocycles. The SMILES string of the molecule is CCC(=CCSc1cccc(F)c1)C(=O)OC. The predicted molar refractivity (Wildman–Crippen MR) is 67.5 cm³/mol. The number of hydrogen-bond donors (Lipinski definition) is 0. The first-order valence-corrected chi connectivity index (χ1v) is 6.31. The molecule has 4 heteroatoms. The van der Waals surface area contributed by atoms with E-state index >= 15 is 0 Å². The van der Waals surface area contributed by atoms with Crippen LogP contribution in [0.25, 0.3) is 0 Å². The van der Waals surface area contributed by atoms with Gasteiger partial charge < -0.3 is 4.74 Å². The maximum atomic E-state index is 12.9. The van der Waals surface area contributed by atoms with E-state index in [2.05, 4.69) is 4.74 Å². The Morgan fingerprint density at radius 1 is 1.53 bits per heavy atom. The van der Waals surface area contributed by atoms with E-state index in [1.165, 1.54) is 31.0 Å². The molecular formula is C13H15FO2S. The molecule has 17 heavy (non-hydrogen) atoms. The highest BCUT2D eigenvalue weighted by molar-refractivity contribution is 7.99. The van der Waals surface area contributed by atoms with Gasteiger partial charge in [-0.1, -0.05) is 19.1 Å². The van der Waals surface area contributed by atoms with Gasteiger partial charge in [-0.2, -0.15) is 0 Å². The Morgan fingerprint density at radius 3 is 2.88 bits per heavy atom. The largest absolute Gasteiger partial charge is 0.466 e. The fourth-order valence-corrected chi connectivity index (χ4v) is 2.15. The fraction of sp³-hybridized carbons (Fsp3) is 0.308. The molecule has 0 amide bonds. The number of ether oxygens (including phenoxy) is 1. The van der Waals surface area contributed by atoms with Gasteiger partial charge in [-0.3, -0.25) is 0 Å². The molecule has 0 saturated heterocycles. The van der Waals surface area contributed by atoms with Gasteiger partial charge in [0.25, 0.3) is 0 Å². The Morgan fingerprint density at radius 2 is 2.29 bits per heavy atom. The summed E-state index contributed by atoms with van der Waals surface area (Å²) in [6, 6.07) is 6.39. The number of halogens is 1. The summed E-state index contributed by atoms with van der Waals surface area (Å²) in [7, 11) is 1.37. The molecule has 0 unspecified atom stereocenters. The summed E-state index contributed by atoms with van der Waals surface area (Å²) >= 11 is 1.48. The van der Waals surface area contributed by atoms with Gasteiger partial charge >= 0.3 is 5.97 Å². The monoisotopic (exact) mass is 254 g/mol. The van der Waals surface area contributed by atoms with Gasteiger partial charge in [0.05, 0.1) is 7.11 Å². The lowest BCUT2D eigenvalue weighted by molar-refractivity contribution is -0.136. The number of carbonyl (C=O) groups excluding carboxylic acids is 1. The van der Waals surface area contributed by atoms with Gasteiger partial charge in [0.2, 0.25) is 0 Å². The second-order valence-corrected chi connectivity index (χ2v) is 4.44. The second-order valence-electron chi connectivity index (χ2n) is 3.34. The van der Waals surface area contributed by atoms with Gasteiger partial charge in [-0.15, -0.1) is 11.8 Å². The number of carbonyl (C=O) groups is 1. The predicted octanol–water partition coefficient (Wildman–Crippen LogP) is 3.43. The van der Waals surface area contributed by atoms with Crippen molar-refractivity contribution in [1.29, 1.82) is 0 Å². The maximum absolute atomic E-state index is 12.9. The van der Waals surface area contributed by atoms with Crippen LogP contribution in [0.2, 0.25) is 0 Å². The Kier molecular flexibility index (Phi) is 5.77. The van der Waals surface area contributed by atoms with Crippen LogP contribution >= 0.6 is 11.8 Å².